The Morgan fingerprint density at radius 2 is 1.67 bits per heavy atom. The first-order chi connectivity index (χ1) is 9.93. The zero-order chi connectivity index (χ0) is 15.9. The maximum Gasteiger partial charge on any atom is 0.247 e. The normalized spacial score (nSPS) is 13.8. The van der Waals surface area contributed by atoms with E-state index in [0.717, 1.165) is 10.0 Å². The molecule has 0 saturated heterocycles. The van der Waals surface area contributed by atoms with Crippen LogP contribution in [0.25, 0.3) is 0 Å². The first-order valence-corrected chi connectivity index (χ1v) is 7.55. The van der Waals surface area contributed by atoms with Crippen LogP contribution < -0.4 is 5.73 Å². The minimum absolute atomic E-state index is 0.140. The molecule has 0 saturated carbocycles. The van der Waals surface area contributed by atoms with E-state index in [-0.39, 0.29) is 5.91 Å². The molecule has 6 heteroatoms. The SMILES string of the molecule is COCCN(CCOC)C(=O)C(C)(N)c1ccc(Br)cc1. The van der Waals surface area contributed by atoms with E-state index in [2.05, 4.69) is 15.9 Å². The molecule has 118 valence electrons. The van der Waals surface area contributed by atoms with Gasteiger partial charge in [-0.2, -0.15) is 0 Å². The van der Waals surface area contributed by atoms with Crippen molar-refractivity contribution in [3.8, 4) is 0 Å². The highest BCUT2D eigenvalue weighted by Crippen LogP contribution is 2.22. The molecule has 0 aliphatic rings. The number of nitrogens with zero attached hydrogens (tertiary/aromatic N) is 1. The van der Waals surface area contributed by atoms with Crippen LogP contribution in [-0.2, 0) is 19.8 Å². The highest BCUT2D eigenvalue weighted by atomic mass is 79.9. The van der Waals surface area contributed by atoms with E-state index in [0.29, 0.717) is 26.3 Å². The van der Waals surface area contributed by atoms with Crippen molar-refractivity contribution >= 4 is 21.8 Å². The topological polar surface area (TPSA) is 64.8 Å². The number of hydrogen-bond donors (Lipinski definition) is 1. The van der Waals surface area contributed by atoms with Gasteiger partial charge in [-0.3, -0.25) is 4.79 Å². The number of amides is 1. The Hall–Kier alpha value is -0.950. The number of halogens is 1. The predicted octanol–water partition coefficient (Wildman–Crippen LogP) is 1.74. The molecule has 21 heavy (non-hydrogen) atoms. The van der Waals surface area contributed by atoms with Crippen molar-refractivity contribution < 1.29 is 14.3 Å². The van der Waals surface area contributed by atoms with Crippen LogP contribution in [0.1, 0.15) is 12.5 Å². The number of carbonyl (C=O) groups is 1. The van der Waals surface area contributed by atoms with E-state index in [9.17, 15) is 4.79 Å². The van der Waals surface area contributed by atoms with Gasteiger partial charge in [-0.1, -0.05) is 28.1 Å². The third-order valence-electron chi connectivity index (χ3n) is 3.31. The summed E-state index contributed by atoms with van der Waals surface area (Å²) in [5, 5.41) is 0. The molecule has 0 heterocycles. The second-order valence-corrected chi connectivity index (χ2v) is 5.90. The number of benzene rings is 1. The first-order valence-electron chi connectivity index (χ1n) is 6.75. The number of rotatable bonds is 8. The van der Waals surface area contributed by atoms with Crippen molar-refractivity contribution in [2.45, 2.75) is 12.5 Å². The molecule has 0 fully saturated rings. The molecule has 1 rings (SSSR count). The molecule has 0 bridgehead atoms. The average Bonchev–Trinajstić information content (AvgIpc) is 2.47. The van der Waals surface area contributed by atoms with E-state index in [1.54, 1.807) is 26.0 Å². The van der Waals surface area contributed by atoms with Crippen LogP contribution >= 0.6 is 15.9 Å². The summed E-state index contributed by atoms with van der Waals surface area (Å²) >= 11 is 3.38. The Balaban J connectivity index is 2.90. The van der Waals surface area contributed by atoms with Crippen molar-refractivity contribution in [1.29, 1.82) is 0 Å². The fourth-order valence-corrected chi connectivity index (χ4v) is 2.23. The van der Waals surface area contributed by atoms with Crippen LogP contribution in [0, 0.1) is 0 Å². The monoisotopic (exact) mass is 358 g/mol. The number of hydrogen-bond acceptors (Lipinski definition) is 4. The summed E-state index contributed by atoms with van der Waals surface area (Å²) in [4.78, 5) is 14.4. The lowest BCUT2D eigenvalue weighted by atomic mass is 9.91. The number of ether oxygens (including phenoxy) is 2. The van der Waals surface area contributed by atoms with Gasteiger partial charge in [-0.05, 0) is 24.6 Å². The molecule has 1 atom stereocenters. The van der Waals surface area contributed by atoms with Crippen LogP contribution in [0.4, 0.5) is 0 Å². The largest absolute Gasteiger partial charge is 0.383 e. The standard InChI is InChI=1S/C15H23BrN2O3/c1-15(17,12-4-6-13(16)7-5-12)14(19)18(8-10-20-2)9-11-21-3/h4-7H,8-11,17H2,1-3H3. The van der Waals surface area contributed by atoms with Gasteiger partial charge in [0, 0.05) is 31.8 Å². The Bertz CT molecular complexity index is 441. The van der Waals surface area contributed by atoms with E-state index in [1.807, 2.05) is 24.3 Å². The second-order valence-electron chi connectivity index (χ2n) is 4.99. The second kappa shape index (κ2) is 8.48. The third-order valence-corrected chi connectivity index (χ3v) is 3.83. The highest BCUT2D eigenvalue weighted by Gasteiger charge is 2.34. The molecule has 1 aromatic carbocycles. The molecule has 2 N–H and O–H groups in total. The number of nitrogens with two attached hydrogens (primary N) is 1. The van der Waals surface area contributed by atoms with Crippen molar-refractivity contribution in [3.63, 3.8) is 0 Å². The molecular formula is C15H23BrN2O3. The quantitative estimate of drug-likeness (QED) is 0.768. The summed E-state index contributed by atoms with van der Waals surface area (Å²) in [7, 11) is 3.21. The fraction of sp³-hybridized carbons (Fsp3) is 0.533. The van der Waals surface area contributed by atoms with Gasteiger partial charge in [0.05, 0.1) is 13.2 Å². The fourth-order valence-electron chi connectivity index (χ4n) is 1.97. The lowest BCUT2D eigenvalue weighted by Crippen LogP contribution is -2.52. The molecule has 5 nitrogen and oxygen atoms in total. The summed E-state index contributed by atoms with van der Waals surface area (Å²) in [5.41, 5.74) is 5.98. The zero-order valence-corrected chi connectivity index (χ0v) is 14.4. The smallest absolute Gasteiger partial charge is 0.247 e. The van der Waals surface area contributed by atoms with Crippen LogP contribution in [0.15, 0.2) is 28.7 Å². The molecular weight excluding hydrogens is 336 g/mol. The van der Waals surface area contributed by atoms with Gasteiger partial charge in [0.2, 0.25) is 5.91 Å². The van der Waals surface area contributed by atoms with Gasteiger partial charge < -0.3 is 20.1 Å². The van der Waals surface area contributed by atoms with Crippen molar-refractivity contribution in [2.75, 3.05) is 40.5 Å². The van der Waals surface area contributed by atoms with E-state index >= 15 is 0 Å². The third kappa shape index (κ3) is 5.07. The van der Waals surface area contributed by atoms with Crippen molar-refractivity contribution in [1.82, 2.24) is 4.90 Å². The Labute approximate surface area is 134 Å². The summed E-state index contributed by atoms with van der Waals surface area (Å²) < 4.78 is 11.1. The van der Waals surface area contributed by atoms with Gasteiger partial charge in [0.1, 0.15) is 5.54 Å². The van der Waals surface area contributed by atoms with Crippen LogP contribution in [-0.4, -0.2) is 51.3 Å². The van der Waals surface area contributed by atoms with Crippen LogP contribution in [0.3, 0.4) is 0 Å². The van der Waals surface area contributed by atoms with Crippen LogP contribution in [0.2, 0.25) is 0 Å². The zero-order valence-electron chi connectivity index (χ0n) is 12.8. The molecule has 1 aromatic rings. The number of carbonyl (C=O) groups excluding carboxylic acids is 1. The summed E-state index contributed by atoms with van der Waals surface area (Å²) in [6.07, 6.45) is 0. The molecule has 0 aromatic heterocycles. The summed E-state index contributed by atoms with van der Waals surface area (Å²) in [6.45, 7) is 3.63. The van der Waals surface area contributed by atoms with Gasteiger partial charge in [-0.25, -0.2) is 0 Å². The minimum Gasteiger partial charge on any atom is -0.383 e. The van der Waals surface area contributed by atoms with Crippen LogP contribution in [0.5, 0.6) is 0 Å². The Kier molecular flexibility index (Phi) is 7.31. The van der Waals surface area contributed by atoms with Crippen molar-refractivity contribution in [2.24, 2.45) is 5.73 Å². The number of methoxy groups -OCH3 is 2. The lowest BCUT2D eigenvalue weighted by Gasteiger charge is -2.32. The van der Waals surface area contributed by atoms with Crippen molar-refractivity contribution in [3.05, 3.63) is 34.3 Å². The molecule has 0 aliphatic heterocycles. The van der Waals surface area contributed by atoms with E-state index in [4.69, 9.17) is 15.2 Å². The maximum atomic E-state index is 12.7. The summed E-state index contributed by atoms with van der Waals surface area (Å²) in [5.74, 6) is -0.140. The molecule has 0 aliphatic carbocycles. The lowest BCUT2D eigenvalue weighted by molar-refractivity contribution is -0.138. The van der Waals surface area contributed by atoms with E-state index in [1.165, 1.54) is 0 Å². The molecule has 0 spiro atoms. The van der Waals surface area contributed by atoms with Gasteiger partial charge >= 0.3 is 0 Å². The van der Waals surface area contributed by atoms with Gasteiger partial charge in [-0.15, -0.1) is 0 Å². The summed E-state index contributed by atoms with van der Waals surface area (Å²) in [6, 6.07) is 7.46. The molecule has 0 radical (unpaired) electrons. The molecule has 1 amide bonds. The first kappa shape index (κ1) is 18.1. The van der Waals surface area contributed by atoms with Gasteiger partial charge in [0.15, 0.2) is 0 Å². The Morgan fingerprint density at radius 1 is 1.19 bits per heavy atom. The molecule has 1 unspecified atom stereocenters. The Morgan fingerprint density at radius 3 is 2.10 bits per heavy atom. The maximum absolute atomic E-state index is 12.7. The van der Waals surface area contributed by atoms with E-state index < -0.39 is 5.54 Å². The van der Waals surface area contributed by atoms with Gasteiger partial charge in [0.25, 0.3) is 0 Å². The average molecular weight is 359 g/mol. The predicted molar refractivity (Wildman–Crippen MR) is 86.0 cm³/mol. The highest BCUT2D eigenvalue weighted by molar-refractivity contribution is 9.10. The minimum atomic E-state index is -1.08.